The Morgan fingerprint density at radius 3 is 2.56 bits per heavy atom. The number of aromatic nitrogens is 1. The molecule has 0 spiro atoms. The third-order valence-electron chi connectivity index (χ3n) is 4.26. The minimum atomic E-state index is -0.787. The summed E-state index contributed by atoms with van der Waals surface area (Å²) in [6.07, 6.45) is 0.323. The van der Waals surface area contributed by atoms with Gasteiger partial charge in [0, 0.05) is 19.4 Å². The van der Waals surface area contributed by atoms with E-state index in [0.717, 1.165) is 0 Å². The lowest BCUT2D eigenvalue weighted by molar-refractivity contribution is -0.0490. The van der Waals surface area contributed by atoms with Gasteiger partial charge in [-0.05, 0) is 27.7 Å². The first-order valence-corrected chi connectivity index (χ1v) is 8.52. The quantitative estimate of drug-likeness (QED) is 0.786. The van der Waals surface area contributed by atoms with Crippen LogP contribution >= 0.6 is 0 Å². The molecule has 9 heteroatoms. The second-order valence-corrected chi connectivity index (χ2v) is 7.58. The maximum absolute atomic E-state index is 12.4. The first-order chi connectivity index (χ1) is 12.5. The molecule has 1 aromatic heterocycles. The summed E-state index contributed by atoms with van der Waals surface area (Å²) in [5, 5.41) is 0. The van der Waals surface area contributed by atoms with E-state index in [0.29, 0.717) is 0 Å². The number of hydrogen-bond acceptors (Lipinski definition) is 8. The van der Waals surface area contributed by atoms with Crippen molar-refractivity contribution < 1.29 is 28.5 Å². The monoisotopic (exact) mass is 381 g/mol. The van der Waals surface area contributed by atoms with Gasteiger partial charge in [-0.1, -0.05) is 0 Å². The number of hydrogen-bond donors (Lipinski definition) is 1. The lowest BCUT2D eigenvalue weighted by Crippen LogP contribution is -2.44. The Morgan fingerprint density at radius 1 is 1.33 bits per heavy atom. The Morgan fingerprint density at radius 2 is 2.00 bits per heavy atom. The minimum Gasteiger partial charge on any atom is -0.482 e. The maximum atomic E-state index is 12.4. The number of nitrogen functional groups attached to an aromatic ring is 1. The van der Waals surface area contributed by atoms with Gasteiger partial charge in [0.05, 0.1) is 25.8 Å². The van der Waals surface area contributed by atoms with Gasteiger partial charge in [-0.15, -0.1) is 0 Å². The predicted molar refractivity (Wildman–Crippen MR) is 97.6 cm³/mol. The largest absolute Gasteiger partial charge is 0.482 e. The number of esters is 1. The molecule has 1 saturated heterocycles. The summed E-state index contributed by atoms with van der Waals surface area (Å²) < 4.78 is 21.7. The van der Waals surface area contributed by atoms with Crippen molar-refractivity contribution in [3.63, 3.8) is 0 Å². The molecule has 9 nitrogen and oxygen atoms in total. The predicted octanol–water partition coefficient (Wildman–Crippen LogP) is 1.85. The Balaban J connectivity index is 2.22. The molecule has 1 aliphatic rings. The SMILES string of the molecule is COC(=O)c1cnc(N)c(OC2CN(C(=O)OC(C)(C)C)CC2(C)OC)c1. The molecule has 0 bridgehead atoms. The van der Waals surface area contributed by atoms with Gasteiger partial charge in [0.2, 0.25) is 0 Å². The van der Waals surface area contributed by atoms with E-state index in [1.54, 1.807) is 27.9 Å². The molecule has 2 rings (SSSR count). The molecular weight excluding hydrogens is 354 g/mol. The van der Waals surface area contributed by atoms with Gasteiger partial charge in [0.25, 0.3) is 0 Å². The zero-order valence-electron chi connectivity index (χ0n) is 16.6. The van der Waals surface area contributed by atoms with E-state index >= 15 is 0 Å². The van der Waals surface area contributed by atoms with Crippen molar-refractivity contribution >= 4 is 17.9 Å². The summed E-state index contributed by atoms with van der Waals surface area (Å²) in [4.78, 5) is 29.6. The van der Waals surface area contributed by atoms with Crippen LogP contribution in [0.15, 0.2) is 12.3 Å². The molecule has 0 aliphatic carbocycles. The normalized spacial score (nSPS) is 22.4. The number of amides is 1. The number of carbonyl (C=O) groups is 2. The zero-order chi connectivity index (χ0) is 20.4. The third-order valence-corrected chi connectivity index (χ3v) is 4.26. The van der Waals surface area contributed by atoms with Crippen LogP contribution in [-0.4, -0.2) is 66.6 Å². The average molecular weight is 381 g/mol. The highest BCUT2D eigenvalue weighted by Crippen LogP contribution is 2.32. The van der Waals surface area contributed by atoms with Crippen LogP contribution in [0.1, 0.15) is 38.1 Å². The van der Waals surface area contributed by atoms with Crippen LogP contribution in [0.5, 0.6) is 5.75 Å². The molecule has 0 radical (unpaired) electrons. The van der Waals surface area contributed by atoms with Crippen LogP contribution in [0.25, 0.3) is 0 Å². The van der Waals surface area contributed by atoms with Gasteiger partial charge in [0.15, 0.2) is 11.6 Å². The van der Waals surface area contributed by atoms with Crippen molar-refractivity contribution in [3.8, 4) is 5.75 Å². The van der Waals surface area contributed by atoms with E-state index in [2.05, 4.69) is 9.72 Å². The first kappa shape index (κ1) is 20.8. The molecule has 0 saturated carbocycles. The summed E-state index contributed by atoms with van der Waals surface area (Å²) in [5.41, 5.74) is 4.70. The molecule has 150 valence electrons. The van der Waals surface area contributed by atoms with Crippen molar-refractivity contribution in [1.29, 1.82) is 0 Å². The fourth-order valence-electron chi connectivity index (χ4n) is 2.69. The molecule has 0 aromatic carbocycles. The molecule has 2 N–H and O–H groups in total. The number of nitrogens with two attached hydrogens (primary N) is 1. The van der Waals surface area contributed by atoms with Gasteiger partial charge in [0.1, 0.15) is 17.3 Å². The summed E-state index contributed by atoms with van der Waals surface area (Å²) in [6.45, 7) is 7.75. The van der Waals surface area contributed by atoms with Gasteiger partial charge in [-0.25, -0.2) is 14.6 Å². The van der Waals surface area contributed by atoms with E-state index in [4.69, 9.17) is 19.9 Å². The summed E-state index contributed by atoms with van der Waals surface area (Å²) in [5.74, 6) is -0.210. The van der Waals surface area contributed by atoms with E-state index in [1.165, 1.54) is 24.3 Å². The fourth-order valence-corrected chi connectivity index (χ4v) is 2.69. The Kier molecular flexibility index (Phi) is 5.84. The van der Waals surface area contributed by atoms with Gasteiger partial charge in [-0.3, -0.25) is 0 Å². The molecule has 1 aromatic rings. The zero-order valence-corrected chi connectivity index (χ0v) is 16.6. The number of carbonyl (C=O) groups excluding carboxylic acids is 2. The average Bonchev–Trinajstić information content (AvgIpc) is 2.92. The minimum absolute atomic E-state index is 0.122. The van der Waals surface area contributed by atoms with E-state index in [1.807, 2.05) is 6.92 Å². The second-order valence-electron chi connectivity index (χ2n) is 7.58. The summed E-state index contributed by atoms with van der Waals surface area (Å²) in [6, 6.07) is 1.46. The third kappa shape index (κ3) is 4.79. The lowest BCUT2D eigenvalue weighted by atomic mass is 10.0. The first-order valence-electron chi connectivity index (χ1n) is 8.52. The highest BCUT2D eigenvalue weighted by atomic mass is 16.6. The van der Waals surface area contributed by atoms with Gasteiger partial charge < -0.3 is 29.6 Å². The molecule has 27 heavy (non-hydrogen) atoms. The summed E-state index contributed by atoms with van der Waals surface area (Å²) >= 11 is 0. The molecule has 1 fully saturated rings. The van der Waals surface area contributed by atoms with E-state index in [9.17, 15) is 9.59 Å². The van der Waals surface area contributed by atoms with Crippen molar-refractivity contribution in [2.24, 2.45) is 0 Å². The van der Waals surface area contributed by atoms with Crippen LogP contribution < -0.4 is 10.5 Å². The maximum Gasteiger partial charge on any atom is 0.410 e. The van der Waals surface area contributed by atoms with Crippen molar-refractivity contribution in [2.45, 2.75) is 45.0 Å². The van der Waals surface area contributed by atoms with Crippen molar-refractivity contribution in [3.05, 3.63) is 17.8 Å². The Labute approximate surface area is 158 Å². The lowest BCUT2D eigenvalue weighted by Gasteiger charge is -2.29. The van der Waals surface area contributed by atoms with Crippen LogP contribution in [-0.2, 0) is 14.2 Å². The van der Waals surface area contributed by atoms with Gasteiger partial charge in [-0.2, -0.15) is 0 Å². The number of ether oxygens (including phenoxy) is 4. The smallest absolute Gasteiger partial charge is 0.410 e. The number of anilines is 1. The van der Waals surface area contributed by atoms with Crippen LogP contribution in [0.3, 0.4) is 0 Å². The molecule has 1 amide bonds. The van der Waals surface area contributed by atoms with E-state index in [-0.39, 0.29) is 30.2 Å². The fraction of sp³-hybridized carbons (Fsp3) is 0.611. The molecular formula is C18H27N3O6. The number of rotatable bonds is 4. The Bertz CT molecular complexity index is 718. The molecule has 2 heterocycles. The highest BCUT2D eigenvalue weighted by Gasteiger charge is 2.48. The highest BCUT2D eigenvalue weighted by molar-refractivity contribution is 5.89. The Hall–Kier alpha value is -2.55. The van der Waals surface area contributed by atoms with Crippen molar-refractivity contribution in [2.75, 3.05) is 33.0 Å². The summed E-state index contributed by atoms with van der Waals surface area (Å²) in [7, 11) is 2.82. The van der Waals surface area contributed by atoms with Gasteiger partial charge >= 0.3 is 12.1 Å². The molecule has 2 atom stereocenters. The number of likely N-dealkylation sites (tertiary alicyclic amines) is 1. The van der Waals surface area contributed by atoms with E-state index < -0.39 is 29.4 Å². The number of nitrogens with zero attached hydrogens (tertiary/aromatic N) is 2. The second kappa shape index (κ2) is 7.59. The van der Waals surface area contributed by atoms with Crippen LogP contribution in [0, 0.1) is 0 Å². The van der Waals surface area contributed by atoms with Crippen LogP contribution in [0.2, 0.25) is 0 Å². The topological polar surface area (TPSA) is 113 Å². The molecule has 2 unspecified atom stereocenters. The van der Waals surface area contributed by atoms with Crippen molar-refractivity contribution in [1.82, 2.24) is 9.88 Å². The molecule has 1 aliphatic heterocycles. The number of pyridine rings is 1. The standard InChI is InChI=1S/C18H27N3O6/c1-17(2,3)27-16(23)21-9-13(18(4,10-21)25-6)26-12-7-11(15(22)24-5)8-20-14(12)19/h7-8,13H,9-10H2,1-6H3,(H2,19,20). The number of methoxy groups -OCH3 is 2. The van der Waals surface area contributed by atoms with Crippen LogP contribution in [0.4, 0.5) is 10.6 Å².